The number of amides is 2. The van der Waals surface area contributed by atoms with Gasteiger partial charge in [-0.15, -0.1) is 0 Å². The number of rotatable bonds is 6. The normalized spacial score (nSPS) is 21.5. The first-order chi connectivity index (χ1) is 11.3. The van der Waals surface area contributed by atoms with Gasteiger partial charge in [0.1, 0.15) is 6.54 Å². The van der Waals surface area contributed by atoms with Gasteiger partial charge < -0.3 is 5.32 Å². The van der Waals surface area contributed by atoms with Crippen LogP contribution < -0.4 is 5.32 Å². The lowest BCUT2D eigenvalue weighted by Crippen LogP contribution is -2.63. The number of carbonyl (C=O) groups excluding carboxylic acids is 2. The number of quaternary nitrogens is 1. The summed E-state index contributed by atoms with van der Waals surface area (Å²) < 4.78 is 0.133. The highest BCUT2D eigenvalue weighted by Crippen LogP contribution is 2.12. The molecule has 0 bridgehead atoms. The monoisotopic (exact) mass is 335 g/mol. The van der Waals surface area contributed by atoms with E-state index in [4.69, 9.17) is 0 Å². The van der Waals surface area contributed by atoms with Crippen molar-refractivity contribution in [3.63, 3.8) is 0 Å². The Kier molecular flexibility index (Phi) is 5.63. The number of piperazine rings is 1. The van der Waals surface area contributed by atoms with Crippen LogP contribution in [0.2, 0.25) is 0 Å². The molecule has 1 atom stereocenters. The van der Waals surface area contributed by atoms with Crippen molar-refractivity contribution < 1.29 is 19.0 Å². The third-order valence-electron chi connectivity index (χ3n) is 4.36. The van der Waals surface area contributed by atoms with E-state index in [0.29, 0.717) is 26.1 Å². The SMILES string of the molecule is CN1CC[N+](C)(CC(=O)NCCc2ccc([N+](=O)[O-])cc2)C(=O)C1. The van der Waals surface area contributed by atoms with Gasteiger partial charge in [0.05, 0.1) is 18.5 Å². The van der Waals surface area contributed by atoms with Crippen molar-refractivity contribution in [2.75, 3.05) is 46.8 Å². The van der Waals surface area contributed by atoms with Crippen LogP contribution in [0.5, 0.6) is 0 Å². The number of nitro benzene ring substituents is 1. The molecular formula is C16H23N4O4+. The molecule has 1 aliphatic heterocycles. The fraction of sp³-hybridized carbons (Fsp3) is 0.500. The molecule has 8 nitrogen and oxygen atoms in total. The first-order valence-corrected chi connectivity index (χ1v) is 7.87. The largest absolute Gasteiger partial charge is 0.351 e. The minimum atomic E-state index is -0.442. The standard InChI is InChI=1S/C16H22N4O4/c1-18-9-10-20(2,16(22)11-18)12-15(21)17-8-7-13-3-5-14(6-4-13)19(23)24/h3-6H,7-12H2,1-2H3/p+1. The highest BCUT2D eigenvalue weighted by molar-refractivity contribution is 5.80. The van der Waals surface area contributed by atoms with Gasteiger partial charge in [-0.05, 0) is 19.0 Å². The summed E-state index contributed by atoms with van der Waals surface area (Å²) in [5.74, 6) is -0.105. The van der Waals surface area contributed by atoms with Crippen LogP contribution in [0, 0.1) is 10.1 Å². The summed E-state index contributed by atoms with van der Waals surface area (Å²) in [6.07, 6.45) is 0.587. The van der Waals surface area contributed by atoms with E-state index in [2.05, 4.69) is 5.32 Å². The molecule has 1 heterocycles. The molecule has 1 unspecified atom stereocenters. The summed E-state index contributed by atoms with van der Waals surface area (Å²) in [6, 6.07) is 6.27. The number of likely N-dealkylation sites (N-methyl/N-ethyl adjacent to an activating group) is 2. The minimum Gasteiger partial charge on any atom is -0.351 e. The quantitative estimate of drug-likeness (QED) is 0.454. The third kappa shape index (κ3) is 4.59. The van der Waals surface area contributed by atoms with Crippen LogP contribution in [0.15, 0.2) is 24.3 Å². The maximum Gasteiger partial charge on any atom is 0.328 e. The predicted molar refractivity (Wildman–Crippen MR) is 88.2 cm³/mol. The molecule has 24 heavy (non-hydrogen) atoms. The average molecular weight is 335 g/mol. The Hall–Kier alpha value is -2.32. The van der Waals surface area contributed by atoms with Crippen molar-refractivity contribution in [2.45, 2.75) is 6.42 Å². The Morgan fingerprint density at radius 3 is 2.62 bits per heavy atom. The molecule has 1 aliphatic rings. The summed E-state index contributed by atoms with van der Waals surface area (Å²) in [7, 11) is 3.69. The first-order valence-electron chi connectivity index (χ1n) is 7.87. The zero-order valence-electron chi connectivity index (χ0n) is 14.0. The molecule has 1 saturated heterocycles. The molecule has 0 radical (unpaired) electrons. The fourth-order valence-electron chi connectivity index (χ4n) is 2.67. The van der Waals surface area contributed by atoms with Crippen molar-refractivity contribution >= 4 is 17.5 Å². The van der Waals surface area contributed by atoms with Crippen molar-refractivity contribution in [3.05, 3.63) is 39.9 Å². The summed E-state index contributed by atoms with van der Waals surface area (Å²) in [5.41, 5.74) is 0.964. The molecule has 1 aromatic rings. The number of nitro groups is 1. The lowest BCUT2D eigenvalue weighted by Gasteiger charge is -2.37. The average Bonchev–Trinajstić information content (AvgIpc) is 2.52. The number of carbonyl (C=O) groups is 2. The Balaban J connectivity index is 1.79. The molecule has 0 saturated carbocycles. The van der Waals surface area contributed by atoms with E-state index in [0.717, 1.165) is 12.1 Å². The Bertz CT molecular complexity index is 631. The lowest BCUT2D eigenvalue weighted by molar-refractivity contribution is -0.829. The summed E-state index contributed by atoms with van der Waals surface area (Å²) in [5, 5.41) is 13.4. The summed E-state index contributed by atoms with van der Waals surface area (Å²) in [6.45, 7) is 2.37. The molecule has 2 amide bonds. The molecule has 1 N–H and O–H groups in total. The van der Waals surface area contributed by atoms with Crippen LogP contribution in [-0.4, -0.2) is 72.9 Å². The molecule has 8 heteroatoms. The zero-order valence-corrected chi connectivity index (χ0v) is 14.0. The number of nitrogens with one attached hydrogen (secondary N) is 1. The van der Waals surface area contributed by atoms with E-state index in [1.54, 1.807) is 19.2 Å². The van der Waals surface area contributed by atoms with Gasteiger partial charge >= 0.3 is 5.91 Å². The highest BCUT2D eigenvalue weighted by Gasteiger charge is 2.38. The molecule has 2 rings (SSSR count). The fourth-order valence-corrected chi connectivity index (χ4v) is 2.67. The molecule has 0 aliphatic carbocycles. The van der Waals surface area contributed by atoms with Gasteiger partial charge in [-0.25, -0.2) is 4.79 Å². The van der Waals surface area contributed by atoms with Gasteiger partial charge in [-0.1, -0.05) is 12.1 Å². The van der Waals surface area contributed by atoms with E-state index in [9.17, 15) is 19.7 Å². The maximum absolute atomic E-state index is 12.1. The first kappa shape index (κ1) is 18.0. The molecule has 1 fully saturated rings. The van der Waals surface area contributed by atoms with E-state index < -0.39 is 4.92 Å². The third-order valence-corrected chi connectivity index (χ3v) is 4.36. The number of benzene rings is 1. The van der Waals surface area contributed by atoms with Crippen molar-refractivity contribution in [1.82, 2.24) is 10.2 Å². The second kappa shape index (κ2) is 7.50. The van der Waals surface area contributed by atoms with Crippen molar-refractivity contribution in [2.24, 2.45) is 0 Å². The number of hydrogen-bond acceptors (Lipinski definition) is 5. The van der Waals surface area contributed by atoms with Gasteiger partial charge in [0, 0.05) is 25.2 Å². The number of hydrogen-bond donors (Lipinski definition) is 1. The lowest BCUT2D eigenvalue weighted by atomic mass is 10.1. The van der Waals surface area contributed by atoms with Crippen molar-refractivity contribution in [1.29, 1.82) is 0 Å². The van der Waals surface area contributed by atoms with E-state index in [-0.39, 0.29) is 28.5 Å². The van der Waals surface area contributed by atoms with Crippen LogP contribution in [0.3, 0.4) is 0 Å². The number of nitrogens with zero attached hydrogens (tertiary/aromatic N) is 3. The Morgan fingerprint density at radius 2 is 2.04 bits per heavy atom. The molecule has 1 aromatic carbocycles. The smallest absolute Gasteiger partial charge is 0.328 e. The molecule has 0 spiro atoms. The maximum atomic E-state index is 12.1. The topological polar surface area (TPSA) is 92.6 Å². The van der Waals surface area contributed by atoms with Gasteiger partial charge in [0.25, 0.3) is 11.6 Å². The van der Waals surface area contributed by atoms with Crippen molar-refractivity contribution in [3.8, 4) is 0 Å². The van der Waals surface area contributed by atoms with Crippen LogP contribution in [0.25, 0.3) is 0 Å². The molecular weight excluding hydrogens is 312 g/mol. The van der Waals surface area contributed by atoms with Crippen LogP contribution >= 0.6 is 0 Å². The van der Waals surface area contributed by atoms with Gasteiger partial charge in [-0.3, -0.25) is 24.3 Å². The second-order valence-electron chi connectivity index (χ2n) is 6.43. The van der Waals surface area contributed by atoms with E-state index in [1.807, 2.05) is 11.9 Å². The number of non-ortho nitro benzene ring substituents is 1. The van der Waals surface area contributed by atoms with Gasteiger partial charge in [0.15, 0.2) is 6.54 Å². The zero-order chi connectivity index (χ0) is 17.7. The molecule has 0 aromatic heterocycles. The Labute approximate surface area is 140 Å². The van der Waals surface area contributed by atoms with Gasteiger partial charge in [-0.2, -0.15) is 0 Å². The Morgan fingerprint density at radius 1 is 1.38 bits per heavy atom. The van der Waals surface area contributed by atoms with Crippen LogP contribution in [0.1, 0.15) is 5.56 Å². The summed E-state index contributed by atoms with van der Waals surface area (Å²) in [4.78, 5) is 36.3. The van der Waals surface area contributed by atoms with Crippen LogP contribution in [0.4, 0.5) is 5.69 Å². The van der Waals surface area contributed by atoms with Crippen LogP contribution in [-0.2, 0) is 16.0 Å². The van der Waals surface area contributed by atoms with E-state index in [1.165, 1.54) is 12.1 Å². The predicted octanol–water partition coefficient (Wildman–Crippen LogP) is 0.172. The summed E-state index contributed by atoms with van der Waals surface area (Å²) >= 11 is 0. The van der Waals surface area contributed by atoms with E-state index >= 15 is 0 Å². The second-order valence-corrected chi connectivity index (χ2v) is 6.43. The van der Waals surface area contributed by atoms with Gasteiger partial charge in [0.2, 0.25) is 0 Å². The highest BCUT2D eigenvalue weighted by atomic mass is 16.6. The molecule has 130 valence electrons. The minimum absolute atomic E-state index is 0.0498.